The molecule has 0 amide bonds. The minimum atomic E-state index is -0.0247. The molecule has 0 unspecified atom stereocenters. The SMILES string of the molecule is O=C(CCc1ccco1)c1occc1Br. The van der Waals surface area contributed by atoms with Gasteiger partial charge in [-0.15, -0.1) is 0 Å². The molecule has 0 fully saturated rings. The lowest BCUT2D eigenvalue weighted by Gasteiger charge is -1.96. The zero-order valence-corrected chi connectivity index (χ0v) is 9.49. The maximum atomic E-state index is 11.7. The maximum absolute atomic E-state index is 11.7. The van der Waals surface area contributed by atoms with Crippen LogP contribution in [-0.4, -0.2) is 5.78 Å². The van der Waals surface area contributed by atoms with Crippen LogP contribution in [0.5, 0.6) is 0 Å². The molecule has 15 heavy (non-hydrogen) atoms. The van der Waals surface area contributed by atoms with Crippen LogP contribution in [0.3, 0.4) is 0 Å². The predicted octanol–water partition coefficient (Wildman–Crippen LogP) is 3.45. The molecule has 0 atom stereocenters. The number of carbonyl (C=O) groups is 1. The van der Waals surface area contributed by atoms with Crippen molar-refractivity contribution < 1.29 is 13.6 Å². The molecule has 3 nitrogen and oxygen atoms in total. The molecule has 0 bridgehead atoms. The van der Waals surface area contributed by atoms with Crippen molar-refractivity contribution in [2.24, 2.45) is 0 Å². The minimum absolute atomic E-state index is 0.0247. The molecule has 0 aliphatic rings. The summed E-state index contributed by atoms with van der Waals surface area (Å²) in [5.41, 5.74) is 0. The third-order valence-electron chi connectivity index (χ3n) is 2.05. The van der Waals surface area contributed by atoms with Crippen molar-refractivity contribution in [3.8, 4) is 0 Å². The molecule has 0 aliphatic heterocycles. The normalized spacial score (nSPS) is 10.5. The third kappa shape index (κ3) is 2.39. The van der Waals surface area contributed by atoms with E-state index in [-0.39, 0.29) is 5.78 Å². The van der Waals surface area contributed by atoms with Gasteiger partial charge in [0.15, 0.2) is 11.5 Å². The Morgan fingerprint density at radius 3 is 2.73 bits per heavy atom. The van der Waals surface area contributed by atoms with E-state index in [1.54, 1.807) is 12.3 Å². The summed E-state index contributed by atoms with van der Waals surface area (Å²) in [7, 11) is 0. The lowest BCUT2D eigenvalue weighted by molar-refractivity contribution is 0.0953. The van der Waals surface area contributed by atoms with Gasteiger partial charge in [-0.25, -0.2) is 0 Å². The molecule has 2 rings (SSSR count). The number of hydrogen-bond acceptors (Lipinski definition) is 3. The van der Waals surface area contributed by atoms with Crippen molar-refractivity contribution in [1.82, 2.24) is 0 Å². The van der Waals surface area contributed by atoms with Crippen LogP contribution in [0.4, 0.5) is 0 Å². The molecule has 2 aromatic rings. The largest absolute Gasteiger partial charge is 0.469 e. The Labute approximate surface area is 95.2 Å². The van der Waals surface area contributed by atoms with Gasteiger partial charge in [0.05, 0.1) is 17.0 Å². The van der Waals surface area contributed by atoms with E-state index in [0.717, 1.165) is 5.76 Å². The standard InChI is InChI=1S/C11H9BrO3/c12-9-5-7-15-11(9)10(13)4-3-8-2-1-6-14-8/h1-2,5-7H,3-4H2. The highest BCUT2D eigenvalue weighted by molar-refractivity contribution is 9.10. The number of ketones is 1. The summed E-state index contributed by atoms with van der Waals surface area (Å²) in [6.45, 7) is 0. The summed E-state index contributed by atoms with van der Waals surface area (Å²) in [6.07, 6.45) is 4.07. The molecule has 4 heteroatoms. The lowest BCUT2D eigenvalue weighted by Crippen LogP contribution is -1.99. The highest BCUT2D eigenvalue weighted by atomic mass is 79.9. The Hall–Kier alpha value is -1.29. The van der Waals surface area contributed by atoms with Crippen LogP contribution in [0.2, 0.25) is 0 Å². The number of carbonyl (C=O) groups excluding carboxylic acids is 1. The molecule has 2 heterocycles. The first-order valence-corrected chi connectivity index (χ1v) is 5.35. The number of halogens is 1. The Morgan fingerprint density at radius 1 is 1.27 bits per heavy atom. The van der Waals surface area contributed by atoms with Gasteiger partial charge in [-0.1, -0.05) is 0 Å². The van der Waals surface area contributed by atoms with Gasteiger partial charge < -0.3 is 8.83 Å². The first kappa shape index (κ1) is 10.2. The van der Waals surface area contributed by atoms with Crippen LogP contribution in [-0.2, 0) is 6.42 Å². The van der Waals surface area contributed by atoms with Crippen LogP contribution in [0.25, 0.3) is 0 Å². The van der Waals surface area contributed by atoms with Gasteiger partial charge in [0, 0.05) is 12.8 Å². The molecular formula is C11H9BrO3. The summed E-state index contributed by atoms with van der Waals surface area (Å²) in [4.78, 5) is 11.7. The predicted molar refractivity (Wildman–Crippen MR) is 57.8 cm³/mol. The smallest absolute Gasteiger partial charge is 0.199 e. The average molecular weight is 269 g/mol. The number of aryl methyl sites for hydroxylation is 1. The quantitative estimate of drug-likeness (QED) is 0.798. The third-order valence-corrected chi connectivity index (χ3v) is 2.67. The van der Waals surface area contributed by atoms with Gasteiger partial charge in [0.25, 0.3) is 0 Å². The Kier molecular flexibility index (Phi) is 3.06. The summed E-state index contributed by atoms with van der Waals surface area (Å²) < 4.78 is 10.9. The molecule has 2 aromatic heterocycles. The molecule has 0 N–H and O–H groups in total. The van der Waals surface area contributed by atoms with Crippen LogP contribution in [0.1, 0.15) is 22.7 Å². The van der Waals surface area contributed by atoms with E-state index in [4.69, 9.17) is 8.83 Å². The van der Waals surface area contributed by atoms with Crippen molar-refractivity contribution in [1.29, 1.82) is 0 Å². The van der Waals surface area contributed by atoms with Gasteiger partial charge in [0.1, 0.15) is 5.76 Å². The highest BCUT2D eigenvalue weighted by Crippen LogP contribution is 2.19. The second-order valence-electron chi connectivity index (χ2n) is 3.10. The molecule has 0 spiro atoms. The van der Waals surface area contributed by atoms with Gasteiger partial charge in [-0.05, 0) is 34.1 Å². The second kappa shape index (κ2) is 4.49. The van der Waals surface area contributed by atoms with Crippen molar-refractivity contribution in [2.45, 2.75) is 12.8 Å². The van der Waals surface area contributed by atoms with E-state index in [9.17, 15) is 4.79 Å². The zero-order chi connectivity index (χ0) is 10.7. The van der Waals surface area contributed by atoms with Crippen molar-refractivity contribution in [3.63, 3.8) is 0 Å². The summed E-state index contributed by atoms with van der Waals surface area (Å²) >= 11 is 3.25. The first-order chi connectivity index (χ1) is 7.27. The summed E-state index contributed by atoms with van der Waals surface area (Å²) in [5, 5.41) is 0. The molecule has 0 saturated carbocycles. The number of hydrogen-bond donors (Lipinski definition) is 0. The molecule has 0 radical (unpaired) electrons. The van der Waals surface area contributed by atoms with Crippen molar-refractivity contribution in [2.75, 3.05) is 0 Å². The van der Waals surface area contributed by atoms with Gasteiger partial charge >= 0.3 is 0 Å². The van der Waals surface area contributed by atoms with Crippen LogP contribution < -0.4 is 0 Å². The minimum Gasteiger partial charge on any atom is -0.469 e. The molecular weight excluding hydrogens is 260 g/mol. The van der Waals surface area contributed by atoms with E-state index in [1.165, 1.54) is 6.26 Å². The zero-order valence-electron chi connectivity index (χ0n) is 7.90. The van der Waals surface area contributed by atoms with E-state index in [2.05, 4.69) is 15.9 Å². The fourth-order valence-corrected chi connectivity index (χ4v) is 1.72. The Balaban J connectivity index is 1.96. The number of rotatable bonds is 4. The van der Waals surface area contributed by atoms with Gasteiger partial charge in [0.2, 0.25) is 0 Å². The number of furan rings is 2. The van der Waals surface area contributed by atoms with Crippen molar-refractivity contribution in [3.05, 3.63) is 46.7 Å². The maximum Gasteiger partial charge on any atom is 0.199 e. The topological polar surface area (TPSA) is 43.4 Å². The summed E-state index contributed by atoms with van der Waals surface area (Å²) in [6, 6.07) is 5.37. The molecule has 78 valence electrons. The number of Topliss-reactive ketones (excluding diaryl/α,β-unsaturated/α-hetero) is 1. The van der Waals surface area contributed by atoms with E-state index < -0.39 is 0 Å². The average Bonchev–Trinajstić information content (AvgIpc) is 2.84. The molecule has 0 aliphatic carbocycles. The van der Waals surface area contributed by atoms with Crippen LogP contribution in [0.15, 0.2) is 44.0 Å². The van der Waals surface area contributed by atoms with Gasteiger partial charge in [-0.3, -0.25) is 4.79 Å². The monoisotopic (exact) mass is 268 g/mol. The summed E-state index contributed by atoms with van der Waals surface area (Å²) in [5.74, 6) is 1.16. The fourth-order valence-electron chi connectivity index (χ4n) is 1.30. The van der Waals surface area contributed by atoms with E-state index >= 15 is 0 Å². The molecule has 0 saturated heterocycles. The van der Waals surface area contributed by atoms with E-state index in [0.29, 0.717) is 23.1 Å². The second-order valence-corrected chi connectivity index (χ2v) is 3.95. The van der Waals surface area contributed by atoms with E-state index in [1.807, 2.05) is 12.1 Å². The van der Waals surface area contributed by atoms with Crippen molar-refractivity contribution >= 4 is 21.7 Å². The fraction of sp³-hybridized carbons (Fsp3) is 0.182. The first-order valence-electron chi connectivity index (χ1n) is 4.56. The lowest BCUT2D eigenvalue weighted by atomic mass is 10.1. The Bertz CT molecular complexity index is 442. The Morgan fingerprint density at radius 2 is 2.13 bits per heavy atom. The van der Waals surface area contributed by atoms with Crippen LogP contribution in [0, 0.1) is 0 Å². The molecule has 0 aromatic carbocycles. The highest BCUT2D eigenvalue weighted by Gasteiger charge is 2.13. The van der Waals surface area contributed by atoms with Crippen LogP contribution >= 0.6 is 15.9 Å². The van der Waals surface area contributed by atoms with Gasteiger partial charge in [-0.2, -0.15) is 0 Å².